The highest BCUT2D eigenvalue weighted by atomic mass is 19.1. The number of benzene rings is 4. The quantitative estimate of drug-likeness (QED) is 0.386. The van der Waals surface area contributed by atoms with E-state index in [2.05, 4.69) is 0 Å². The third-order valence-corrected chi connectivity index (χ3v) is 5.51. The lowest BCUT2D eigenvalue weighted by atomic mass is 9.84. The fourth-order valence-corrected chi connectivity index (χ4v) is 3.71. The number of ketones is 1. The molecule has 0 aliphatic heterocycles. The molecule has 0 heterocycles. The van der Waals surface area contributed by atoms with Crippen molar-refractivity contribution in [2.24, 2.45) is 0 Å². The average Bonchev–Trinajstić information content (AvgIpc) is 2.71. The largest absolute Gasteiger partial charge is 0.298 e. The summed E-state index contributed by atoms with van der Waals surface area (Å²) < 4.78 is 26.8. The molecule has 4 aromatic carbocycles. The highest BCUT2D eigenvalue weighted by Gasteiger charge is 2.23. The van der Waals surface area contributed by atoms with Gasteiger partial charge in [0, 0.05) is 11.8 Å². The van der Waals surface area contributed by atoms with Crippen molar-refractivity contribution < 1.29 is 13.6 Å². The van der Waals surface area contributed by atoms with Crippen LogP contribution in [0.15, 0.2) is 72.8 Å². The second kappa shape index (κ2) is 7.16. The summed E-state index contributed by atoms with van der Waals surface area (Å²) in [5, 5.41) is 3.47. The molecular weight excluding hydrogens is 354 g/mol. The summed E-state index contributed by atoms with van der Waals surface area (Å²) in [5.74, 6) is -0.993. The van der Waals surface area contributed by atoms with Gasteiger partial charge in [0.2, 0.25) is 0 Å². The van der Waals surface area contributed by atoms with Crippen LogP contribution in [0.4, 0.5) is 8.78 Å². The number of hydrogen-bond donors (Lipinski definition) is 0. The van der Waals surface area contributed by atoms with Crippen LogP contribution in [0, 0.1) is 11.6 Å². The number of hydrogen-bond acceptors (Lipinski definition) is 1. The van der Waals surface area contributed by atoms with Gasteiger partial charge in [-0.1, -0.05) is 62.4 Å². The van der Waals surface area contributed by atoms with E-state index in [0.29, 0.717) is 0 Å². The normalized spacial score (nSPS) is 13.6. The van der Waals surface area contributed by atoms with E-state index in [4.69, 9.17) is 0 Å². The van der Waals surface area contributed by atoms with E-state index in [1.165, 1.54) is 24.3 Å². The van der Waals surface area contributed by atoms with E-state index in [1.807, 2.05) is 50.2 Å². The van der Waals surface area contributed by atoms with Crippen LogP contribution in [0.1, 0.15) is 36.8 Å². The van der Waals surface area contributed by atoms with Crippen LogP contribution in [0.2, 0.25) is 0 Å². The predicted molar refractivity (Wildman–Crippen MR) is 110 cm³/mol. The zero-order chi connectivity index (χ0) is 19.8. The molecule has 0 saturated carbocycles. The zero-order valence-electron chi connectivity index (χ0n) is 15.7. The lowest BCUT2D eigenvalue weighted by Gasteiger charge is -2.18. The fraction of sp³-hybridized carbons (Fsp3) is 0.160. The van der Waals surface area contributed by atoms with E-state index >= 15 is 0 Å². The molecule has 0 amide bonds. The molecule has 0 aromatic heterocycles. The molecule has 2 unspecified atom stereocenters. The van der Waals surface area contributed by atoms with Crippen molar-refractivity contribution >= 4 is 27.3 Å². The maximum atomic E-state index is 13.4. The molecule has 0 aliphatic rings. The lowest BCUT2D eigenvalue weighted by Crippen LogP contribution is -2.16. The van der Waals surface area contributed by atoms with Gasteiger partial charge in [-0.15, -0.1) is 0 Å². The van der Waals surface area contributed by atoms with E-state index in [1.54, 1.807) is 12.1 Å². The number of carbonyl (C=O) groups excluding carboxylic acids is 1. The fourth-order valence-electron chi connectivity index (χ4n) is 3.71. The van der Waals surface area contributed by atoms with Gasteiger partial charge >= 0.3 is 0 Å². The minimum atomic E-state index is -0.284. The summed E-state index contributed by atoms with van der Waals surface area (Å²) in [4.78, 5) is 13.1. The van der Waals surface area contributed by atoms with Crippen LogP contribution in [0.5, 0.6) is 0 Å². The summed E-state index contributed by atoms with van der Waals surface area (Å²) in [6, 6.07) is 20.7. The first-order chi connectivity index (χ1) is 13.4. The lowest BCUT2D eigenvalue weighted by molar-refractivity contribution is -0.121. The van der Waals surface area contributed by atoms with Gasteiger partial charge in [-0.2, -0.15) is 0 Å². The van der Waals surface area contributed by atoms with Crippen molar-refractivity contribution in [2.75, 3.05) is 0 Å². The molecule has 0 saturated heterocycles. The molecule has 0 N–H and O–H groups in total. The molecule has 0 fully saturated rings. The highest BCUT2D eigenvalue weighted by Crippen LogP contribution is 2.30. The van der Waals surface area contributed by atoms with Gasteiger partial charge in [-0.05, 0) is 56.9 Å². The Kier molecular flexibility index (Phi) is 4.68. The predicted octanol–water partition coefficient (Wildman–Crippen LogP) is 6.75. The van der Waals surface area contributed by atoms with Crippen molar-refractivity contribution in [1.82, 2.24) is 0 Å². The van der Waals surface area contributed by atoms with Crippen molar-refractivity contribution in [2.45, 2.75) is 25.7 Å². The zero-order valence-corrected chi connectivity index (χ0v) is 15.7. The molecule has 2 atom stereocenters. The second-order valence-corrected chi connectivity index (χ2v) is 7.35. The van der Waals surface area contributed by atoms with Crippen LogP contribution >= 0.6 is 0 Å². The molecule has 28 heavy (non-hydrogen) atoms. The Labute approximate surface area is 162 Å². The summed E-state index contributed by atoms with van der Waals surface area (Å²) in [6.07, 6.45) is 0. The molecule has 4 aromatic rings. The Morgan fingerprint density at radius 1 is 0.607 bits per heavy atom. The van der Waals surface area contributed by atoms with Gasteiger partial charge in [0.15, 0.2) is 0 Å². The second-order valence-electron chi connectivity index (χ2n) is 7.35. The van der Waals surface area contributed by atoms with Crippen molar-refractivity contribution in [3.63, 3.8) is 0 Å². The monoisotopic (exact) mass is 374 g/mol. The smallest absolute Gasteiger partial charge is 0.147 e. The Hall–Kier alpha value is -3.07. The summed E-state index contributed by atoms with van der Waals surface area (Å²) in [6.45, 7) is 3.81. The van der Waals surface area contributed by atoms with Gasteiger partial charge in [0.05, 0.1) is 0 Å². The van der Waals surface area contributed by atoms with Gasteiger partial charge < -0.3 is 0 Å². The first kappa shape index (κ1) is 18.3. The molecule has 0 spiro atoms. The van der Waals surface area contributed by atoms with E-state index in [-0.39, 0.29) is 29.3 Å². The summed E-state index contributed by atoms with van der Waals surface area (Å²) in [5.41, 5.74) is 1.83. The van der Waals surface area contributed by atoms with Crippen LogP contribution < -0.4 is 0 Å². The van der Waals surface area contributed by atoms with Crippen LogP contribution in [0.25, 0.3) is 21.5 Å². The van der Waals surface area contributed by atoms with Crippen molar-refractivity contribution in [3.8, 4) is 0 Å². The highest BCUT2D eigenvalue weighted by molar-refractivity contribution is 5.94. The number of fused-ring (bicyclic) bond motifs is 2. The van der Waals surface area contributed by atoms with Crippen molar-refractivity contribution in [1.29, 1.82) is 0 Å². The topological polar surface area (TPSA) is 17.1 Å². The minimum Gasteiger partial charge on any atom is -0.298 e. The first-order valence-electron chi connectivity index (χ1n) is 9.34. The standard InChI is InChI=1S/C25H20F2O/c1-15(17-3-5-21-13-23(26)9-7-19(21)11-17)25(28)16(2)18-4-6-22-14-24(27)10-8-20(22)12-18/h3-16H,1-2H3. The molecule has 140 valence electrons. The summed E-state index contributed by atoms with van der Waals surface area (Å²) >= 11 is 0. The van der Waals surface area contributed by atoms with Gasteiger partial charge in [0.25, 0.3) is 0 Å². The maximum absolute atomic E-state index is 13.4. The Bertz CT molecular complexity index is 1100. The van der Waals surface area contributed by atoms with Crippen molar-refractivity contribution in [3.05, 3.63) is 95.6 Å². The third kappa shape index (κ3) is 3.40. The first-order valence-corrected chi connectivity index (χ1v) is 9.34. The Morgan fingerprint density at radius 3 is 1.39 bits per heavy atom. The Morgan fingerprint density at radius 2 is 0.964 bits per heavy atom. The van der Waals surface area contributed by atoms with E-state index in [0.717, 1.165) is 32.7 Å². The molecular formula is C25H20F2O. The molecule has 0 aliphatic carbocycles. The molecule has 4 rings (SSSR count). The SMILES string of the molecule is CC(C(=O)C(C)c1ccc2cc(F)ccc2c1)c1ccc2cc(F)ccc2c1. The van der Waals surface area contributed by atoms with Crippen LogP contribution in [-0.2, 0) is 4.79 Å². The third-order valence-electron chi connectivity index (χ3n) is 5.51. The number of halogens is 2. The number of carbonyl (C=O) groups is 1. The average molecular weight is 374 g/mol. The molecule has 0 bridgehead atoms. The van der Waals surface area contributed by atoms with Gasteiger partial charge in [-0.3, -0.25) is 4.79 Å². The van der Waals surface area contributed by atoms with E-state index < -0.39 is 0 Å². The molecule has 0 radical (unpaired) electrons. The van der Waals surface area contributed by atoms with Crippen LogP contribution in [0.3, 0.4) is 0 Å². The Balaban J connectivity index is 1.62. The van der Waals surface area contributed by atoms with Gasteiger partial charge in [-0.25, -0.2) is 8.78 Å². The van der Waals surface area contributed by atoms with Crippen LogP contribution in [-0.4, -0.2) is 5.78 Å². The minimum absolute atomic E-state index is 0.114. The van der Waals surface area contributed by atoms with Gasteiger partial charge in [0.1, 0.15) is 17.4 Å². The summed E-state index contributed by atoms with van der Waals surface area (Å²) in [7, 11) is 0. The van der Waals surface area contributed by atoms with E-state index in [9.17, 15) is 13.6 Å². The number of rotatable bonds is 4. The number of Topliss-reactive ketones (excluding diaryl/α,β-unsaturated/α-hetero) is 1. The maximum Gasteiger partial charge on any atom is 0.147 e. The molecule has 3 heteroatoms. The molecule has 1 nitrogen and oxygen atoms in total.